The quantitative estimate of drug-likeness (QED) is 0.273. The third kappa shape index (κ3) is 11.7. The third-order valence-electron chi connectivity index (χ3n) is 2.70. The van der Waals surface area contributed by atoms with Crippen molar-refractivity contribution < 1.29 is 4.74 Å². The SMILES string of the molecule is C=COC(=S)CCCCCCCCCCC. The lowest BCUT2D eigenvalue weighted by Crippen LogP contribution is -1.95. The van der Waals surface area contributed by atoms with Crippen molar-refractivity contribution in [2.24, 2.45) is 0 Å². The van der Waals surface area contributed by atoms with Crippen LogP contribution >= 0.6 is 12.2 Å². The highest BCUT2D eigenvalue weighted by Crippen LogP contribution is 2.10. The Bertz CT molecular complexity index is 178. The summed E-state index contributed by atoms with van der Waals surface area (Å²) >= 11 is 5.01. The summed E-state index contributed by atoms with van der Waals surface area (Å²) in [4.78, 5) is 0. The van der Waals surface area contributed by atoms with Crippen LogP contribution in [0.15, 0.2) is 12.8 Å². The molecule has 0 amide bonds. The molecule has 0 bridgehead atoms. The van der Waals surface area contributed by atoms with E-state index in [1.165, 1.54) is 57.6 Å². The van der Waals surface area contributed by atoms with E-state index in [0.29, 0.717) is 5.05 Å². The summed E-state index contributed by atoms with van der Waals surface area (Å²) in [6.07, 6.45) is 14.4. The molecule has 0 fully saturated rings. The highest BCUT2D eigenvalue weighted by Gasteiger charge is 1.96. The van der Waals surface area contributed by atoms with Gasteiger partial charge in [-0.15, -0.1) is 0 Å². The largest absolute Gasteiger partial charge is 0.459 e. The zero-order valence-corrected chi connectivity index (χ0v) is 11.5. The minimum atomic E-state index is 0.679. The number of rotatable bonds is 11. The third-order valence-corrected chi connectivity index (χ3v) is 3.00. The maximum absolute atomic E-state index is 5.01. The van der Waals surface area contributed by atoms with Gasteiger partial charge in [0.2, 0.25) is 0 Å². The molecule has 0 saturated heterocycles. The Kier molecular flexibility index (Phi) is 12.4. The van der Waals surface area contributed by atoms with Gasteiger partial charge < -0.3 is 4.74 Å². The Morgan fingerprint density at radius 2 is 1.50 bits per heavy atom. The van der Waals surface area contributed by atoms with Crippen LogP contribution in [0.3, 0.4) is 0 Å². The average molecular weight is 242 g/mol. The first-order valence-corrected chi connectivity index (χ1v) is 7.02. The van der Waals surface area contributed by atoms with Crippen LogP contribution in [-0.2, 0) is 4.74 Å². The van der Waals surface area contributed by atoms with Gasteiger partial charge in [-0.2, -0.15) is 0 Å². The van der Waals surface area contributed by atoms with E-state index in [1.807, 2.05) is 0 Å². The molecule has 1 nitrogen and oxygen atoms in total. The van der Waals surface area contributed by atoms with Crippen LogP contribution in [0.4, 0.5) is 0 Å². The van der Waals surface area contributed by atoms with E-state index in [9.17, 15) is 0 Å². The van der Waals surface area contributed by atoms with Crippen molar-refractivity contribution in [1.29, 1.82) is 0 Å². The van der Waals surface area contributed by atoms with Crippen LogP contribution in [-0.4, -0.2) is 5.05 Å². The van der Waals surface area contributed by atoms with Gasteiger partial charge in [0.15, 0.2) is 5.05 Å². The summed E-state index contributed by atoms with van der Waals surface area (Å²) in [7, 11) is 0. The normalized spacial score (nSPS) is 10.1. The summed E-state index contributed by atoms with van der Waals surface area (Å²) in [5.74, 6) is 0. The predicted molar refractivity (Wildman–Crippen MR) is 75.7 cm³/mol. The number of hydrogen-bond acceptors (Lipinski definition) is 2. The fourth-order valence-corrected chi connectivity index (χ4v) is 1.94. The molecular formula is C14H26OS. The van der Waals surface area contributed by atoms with Gasteiger partial charge in [0.1, 0.15) is 0 Å². The van der Waals surface area contributed by atoms with Gasteiger partial charge in [0.25, 0.3) is 0 Å². The van der Waals surface area contributed by atoms with Crippen molar-refractivity contribution in [2.75, 3.05) is 0 Å². The zero-order valence-electron chi connectivity index (χ0n) is 10.7. The smallest absolute Gasteiger partial charge is 0.166 e. The van der Waals surface area contributed by atoms with Crippen molar-refractivity contribution >= 4 is 17.3 Å². The molecule has 0 heterocycles. The van der Waals surface area contributed by atoms with Crippen LogP contribution in [0.25, 0.3) is 0 Å². The second-order valence-corrected chi connectivity index (χ2v) is 4.69. The lowest BCUT2D eigenvalue weighted by atomic mass is 10.1. The first-order valence-electron chi connectivity index (χ1n) is 6.61. The van der Waals surface area contributed by atoms with Crippen LogP contribution in [0.2, 0.25) is 0 Å². The molecule has 0 saturated carbocycles. The Morgan fingerprint density at radius 1 is 1.00 bits per heavy atom. The molecule has 0 aromatic carbocycles. The first-order chi connectivity index (χ1) is 7.81. The lowest BCUT2D eigenvalue weighted by Gasteiger charge is -2.03. The van der Waals surface area contributed by atoms with E-state index in [2.05, 4.69) is 13.5 Å². The van der Waals surface area contributed by atoms with E-state index in [4.69, 9.17) is 17.0 Å². The van der Waals surface area contributed by atoms with Gasteiger partial charge in [0, 0.05) is 6.42 Å². The molecule has 0 aromatic rings. The summed E-state index contributed by atoms with van der Waals surface area (Å²) in [5.41, 5.74) is 0. The molecular weight excluding hydrogens is 216 g/mol. The van der Waals surface area contributed by atoms with Crippen molar-refractivity contribution in [1.82, 2.24) is 0 Å². The van der Waals surface area contributed by atoms with Crippen LogP contribution in [0, 0.1) is 0 Å². The minimum absolute atomic E-state index is 0.679. The molecule has 0 aliphatic heterocycles. The summed E-state index contributed by atoms with van der Waals surface area (Å²) < 4.78 is 5.01. The Hall–Kier alpha value is -0.370. The van der Waals surface area contributed by atoms with Crippen LogP contribution in [0.1, 0.15) is 71.1 Å². The lowest BCUT2D eigenvalue weighted by molar-refractivity contribution is 0.465. The van der Waals surface area contributed by atoms with Gasteiger partial charge in [-0.25, -0.2) is 0 Å². The topological polar surface area (TPSA) is 9.23 Å². The zero-order chi connectivity index (χ0) is 12.1. The average Bonchev–Trinajstić information content (AvgIpc) is 2.27. The van der Waals surface area contributed by atoms with E-state index < -0.39 is 0 Å². The fraction of sp³-hybridized carbons (Fsp3) is 0.786. The molecule has 0 aliphatic carbocycles. The Balaban J connectivity index is 3.03. The van der Waals surface area contributed by atoms with E-state index in [1.54, 1.807) is 0 Å². The second-order valence-electron chi connectivity index (χ2n) is 4.23. The number of ether oxygens (including phenoxy) is 1. The molecule has 94 valence electrons. The van der Waals surface area contributed by atoms with Crippen molar-refractivity contribution in [3.05, 3.63) is 12.8 Å². The van der Waals surface area contributed by atoms with E-state index in [-0.39, 0.29) is 0 Å². The van der Waals surface area contributed by atoms with Gasteiger partial charge in [-0.05, 0) is 18.6 Å². The molecule has 0 radical (unpaired) electrons. The number of thiocarbonyl (C=S) groups is 1. The van der Waals surface area contributed by atoms with Gasteiger partial charge in [0.05, 0.1) is 6.26 Å². The second kappa shape index (κ2) is 12.7. The minimum Gasteiger partial charge on any atom is -0.459 e. The van der Waals surface area contributed by atoms with E-state index >= 15 is 0 Å². The van der Waals surface area contributed by atoms with Crippen molar-refractivity contribution in [2.45, 2.75) is 71.1 Å². The van der Waals surface area contributed by atoms with E-state index in [0.717, 1.165) is 12.8 Å². The monoisotopic (exact) mass is 242 g/mol. The summed E-state index contributed by atoms with van der Waals surface area (Å²) in [6.45, 7) is 5.74. The van der Waals surface area contributed by atoms with Crippen molar-refractivity contribution in [3.63, 3.8) is 0 Å². The van der Waals surface area contributed by atoms with Crippen LogP contribution < -0.4 is 0 Å². The number of hydrogen-bond donors (Lipinski definition) is 0. The molecule has 0 aromatic heterocycles. The van der Waals surface area contributed by atoms with Crippen molar-refractivity contribution in [3.8, 4) is 0 Å². The molecule has 0 N–H and O–H groups in total. The molecule has 0 aliphatic rings. The highest BCUT2D eigenvalue weighted by atomic mass is 32.1. The molecule has 16 heavy (non-hydrogen) atoms. The first kappa shape index (κ1) is 15.6. The molecule has 0 atom stereocenters. The summed E-state index contributed by atoms with van der Waals surface area (Å²) in [6, 6.07) is 0. The fourth-order valence-electron chi connectivity index (χ4n) is 1.73. The maximum Gasteiger partial charge on any atom is 0.166 e. The van der Waals surface area contributed by atoms with Gasteiger partial charge in [-0.3, -0.25) is 0 Å². The molecule has 0 rings (SSSR count). The van der Waals surface area contributed by atoms with Gasteiger partial charge in [-0.1, -0.05) is 64.9 Å². The maximum atomic E-state index is 5.01. The summed E-state index contributed by atoms with van der Waals surface area (Å²) in [5, 5.41) is 0.679. The molecule has 0 spiro atoms. The standard InChI is InChI=1S/C14H26OS/c1-3-5-6-7-8-9-10-11-12-13-14(16)15-4-2/h4H,2-3,5-13H2,1H3. The number of unbranched alkanes of at least 4 members (excludes halogenated alkanes) is 8. The Labute approximate surface area is 106 Å². The van der Waals surface area contributed by atoms with Gasteiger partial charge >= 0.3 is 0 Å². The molecule has 0 unspecified atom stereocenters. The highest BCUT2D eigenvalue weighted by molar-refractivity contribution is 7.80. The Morgan fingerprint density at radius 3 is 2.00 bits per heavy atom. The predicted octanol–water partition coefficient (Wildman–Crippen LogP) is 5.39. The molecule has 2 heteroatoms. The van der Waals surface area contributed by atoms with Crippen LogP contribution in [0.5, 0.6) is 0 Å².